The Morgan fingerprint density at radius 2 is 1.31 bits per heavy atom. The van der Waals surface area contributed by atoms with Gasteiger partial charge in [-0.05, 0) is 42.5 Å². The number of unbranched alkanes of at least 4 members (excludes halogenated alkanes) is 3. The van der Waals surface area contributed by atoms with Crippen LogP contribution in [0.4, 0.5) is 5.69 Å². The topological polar surface area (TPSA) is 61.5 Å². The first kappa shape index (κ1) is 28.5. The number of hydrogen-bond acceptors (Lipinski definition) is 3. The summed E-state index contributed by atoms with van der Waals surface area (Å²) in [6.07, 6.45) is 22.3. The number of pyridine rings is 1. The molecule has 0 atom stereocenters. The van der Waals surface area contributed by atoms with Gasteiger partial charge in [0.05, 0.1) is 5.75 Å². The summed E-state index contributed by atoms with van der Waals surface area (Å²) in [5.41, 5.74) is 3.60. The molecule has 5 nitrogen and oxygen atoms in total. The second-order valence-corrected chi connectivity index (χ2v) is 10.3. The summed E-state index contributed by atoms with van der Waals surface area (Å²) in [6.45, 7) is 7.46. The molecular weight excluding hydrogens is 456 g/mol. The largest absolute Gasteiger partial charge is 0.372 e. The molecule has 2 rings (SSSR count). The van der Waals surface area contributed by atoms with Crippen molar-refractivity contribution in [3.63, 3.8) is 0 Å². The molecule has 0 aliphatic carbocycles. The molecule has 1 N–H and O–H groups in total. The van der Waals surface area contributed by atoms with E-state index in [2.05, 4.69) is 55.2 Å². The molecule has 1 heterocycles. The lowest BCUT2D eigenvalue weighted by Crippen LogP contribution is -2.32. The fourth-order valence-electron chi connectivity index (χ4n) is 3.63. The van der Waals surface area contributed by atoms with Gasteiger partial charge in [0.1, 0.15) is 6.54 Å². The lowest BCUT2D eigenvalue weighted by Gasteiger charge is -2.24. The molecule has 0 fully saturated rings. The number of aryl methyl sites for hydroxylation is 1. The van der Waals surface area contributed by atoms with Crippen molar-refractivity contribution in [1.29, 1.82) is 0 Å². The number of aromatic nitrogens is 1. The minimum Gasteiger partial charge on any atom is -0.372 e. The molecule has 0 saturated carbocycles. The van der Waals surface area contributed by atoms with Crippen LogP contribution < -0.4 is 9.47 Å². The minimum atomic E-state index is -3.86. The summed E-state index contributed by atoms with van der Waals surface area (Å²) in [5, 5.41) is 0. The van der Waals surface area contributed by atoms with Crippen molar-refractivity contribution in [3.05, 3.63) is 84.2 Å². The highest BCUT2D eigenvalue weighted by Crippen LogP contribution is 2.18. The second kappa shape index (κ2) is 16.1. The number of nitrogens with zero attached hydrogens (tertiary/aromatic N) is 2. The molecular formula is C29H41N2O3S+. The van der Waals surface area contributed by atoms with Crippen molar-refractivity contribution in [1.82, 2.24) is 0 Å². The first-order valence-corrected chi connectivity index (χ1v) is 14.3. The Bertz CT molecular complexity index is 1030. The van der Waals surface area contributed by atoms with Gasteiger partial charge >= 0.3 is 0 Å². The predicted molar refractivity (Wildman–Crippen MR) is 148 cm³/mol. The Kier molecular flexibility index (Phi) is 13.1. The van der Waals surface area contributed by atoms with Crippen LogP contribution in [-0.2, 0) is 16.7 Å². The number of rotatable bonds is 16. The maximum Gasteiger partial charge on any atom is 0.264 e. The van der Waals surface area contributed by atoms with E-state index >= 15 is 0 Å². The van der Waals surface area contributed by atoms with Crippen LogP contribution in [0.15, 0.2) is 73.1 Å². The lowest BCUT2D eigenvalue weighted by atomic mass is 10.1. The lowest BCUT2D eigenvalue weighted by molar-refractivity contribution is -0.697. The Hall–Kier alpha value is -2.70. The van der Waals surface area contributed by atoms with Gasteiger partial charge in [-0.1, -0.05) is 75.3 Å². The third-order valence-corrected chi connectivity index (χ3v) is 6.52. The maximum atomic E-state index is 10.7. The average Bonchev–Trinajstić information content (AvgIpc) is 2.85. The van der Waals surface area contributed by atoms with E-state index in [1.54, 1.807) is 0 Å². The number of hydrogen-bond donors (Lipinski definition) is 1. The molecule has 0 bridgehead atoms. The van der Waals surface area contributed by atoms with Crippen molar-refractivity contribution in [2.45, 2.75) is 58.9 Å². The van der Waals surface area contributed by atoms with Gasteiger partial charge in [-0.3, -0.25) is 4.55 Å². The summed E-state index contributed by atoms with van der Waals surface area (Å²) in [5.74, 6) is -0.183. The Morgan fingerprint density at radius 3 is 1.83 bits per heavy atom. The highest BCUT2D eigenvalue weighted by molar-refractivity contribution is 7.85. The average molecular weight is 498 g/mol. The molecule has 0 amide bonds. The molecule has 2 aromatic rings. The molecule has 190 valence electrons. The maximum absolute atomic E-state index is 10.7. The molecule has 35 heavy (non-hydrogen) atoms. The monoisotopic (exact) mass is 497 g/mol. The summed E-state index contributed by atoms with van der Waals surface area (Å²) < 4.78 is 32.3. The summed E-state index contributed by atoms with van der Waals surface area (Å²) in [6, 6.07) is 12.9. The quantitative estimate of drug-likeness (QED) is 0.127. The first-order chi connectivity index (χ1) is 16.9. The van der Waals surface area contributed by atoms with E-state index < -0.39 is 10.1 Å². The van der Waals surface area contributed by atoms with E-state index in [0.29, 0.717) is 12.8 Å². The van der Waals surface area contributed by atoms with Gasteiger partial charge in [-0.25, -0.2) is 4.57 Å². The molecule has 0 unspecified atom stereocenters. The van der Waals surface area contributed by atoms with Gasteiger partial charge in [0.15, 0.2) is 12.4 Å². The molecule has 0 aliphatic rings. The number of anilines is 1. The van der Waals surface area contributed by atoms with Gasteiger partial charge in [0.25, 0.3) is 10.1 Å². The SMILES string of the molecule is CCCCN(CCCC)c1ccc(/C=C/C=C/C=C/c2cc[n+](CCCCS(=O)(=O)O)cc2)cc1. The van der Waals surface area contributed by atoms with Crippen LogP contribution in [0.1, 0.15) is 63.5 Å². The zero-order valence-corrected chi connectivity index (χ0v) is 22.0. The van der Waals surface area contributed by atoms with Gasteiger partial charge in [0, 0.05) is 37.3 Å². The van der Waals surface area contributed by atoms with Crippen LogP contribution >= 0.6 is 0 Å². The number of benzene rings is 1. The zero-order valence-electron chi connectivity index (χ0n) is 21.2. The highest BCUT2D eigenvalue weighted by atomic mass is 32.2. The van der Waals surface area contributed by atoms with E-state index in [-0.39, 0.29) is 5.75 Å². The van der Waals surface area contributed by atoms with Crippen LogP contribution in [0.25, 0.3) is 12.2 Å². The third-order valence-electron chi connectivity index (χ3n) is 5.72. The Balaban J connectivity index is 1.79. The smallest absolute Gasteiger partial charge is 0.264 e. The molecule has 1 aromatic heterocycles. The number of allylic oxidation sites excluding steroid dienone is 4. The highest BCUT2D eigenvalue weighted by Gasteiger charge is 2.06. The van der Waals surface area contributed by atoms with Crippen molar-refractivity contribution < 1.29 is 17.5 Å². The van der Waals surface area contributed by atoms with Gasteiger partial charge < -0.3 is 4.90 Å². The fourth-order valence-corrected chi connectivity index (χ4v) is 4.20. The van der Waals surface area contributed by atoms with Gasteiger partial charge in [0.2, 0.25) is 0 Å². The summed E-state index contributed by atoms with van der Waals surface area (Å²) >= 11 is 0. The van der Waals surface area contributed by atoms with E-state index in [9.17, 15) is 8.42 Å². The summed E-state index contributed by atoms with van der Waals surface area (Å²) in [7, 11) is -3.86. The van der Waals surface area contributed by atoms with E-state index in [4.69, 9.17) is 4.55 Å². The fraction of sp³-hybridized carbons (Fsp3) is 0.414. The van der Waals surface area contributed by atoms with Crippen LogP contribution in [0.5, 0.6) is 0 Å². The molecule has 0 spiro atoms. The van der Waals surface area contributed by atoms with Crippen LogP contribution in [0, 0.1) is 0 Å². The Morgan fingerprint density at radius 1 is 0.771 bits per heavy atom. The van der Waals surface area contributed by atoms with E-state index in [0.717, 1.165) is 25.2 Å². The second-order valence-electron chi connectivity index (χ2n) is 8.75. The van der Waals surface area contributed by atoms with Crippen LogP contribution in [0.2, 0.25) is 0 Å². The van der Waals surface area contributed by atoms with Gasteiger partial charge in [-0.2, -0.15) is 8.42 Å². The zero-order chi connectivity index (χ0) is 25.4. The molecule has 1 aromatic carbocycles. The van der Waals surface area contributed by atoms with Crippen molar-refractivity contribution in [3.8, 4) is 0 Å². The standard InChI is InChI=1S/C29H40N2O3S/c1-3-5-22-31(23-6-4-2)29-17-15-27(16-18-29)13-9-7-8-10-14-28-19-24-30(25-20-28)21-11-12-26-35(32,33)34/h7-10,13-20,24-25H,3-6,11-12,21-23,26H2,1-2H3/p+1. The van der Waals surface area contributed by atoms with Crippen molar-refractivity contribution in [2.75, 3.05) is 23.7 Å². The Labute approximate surface area is 212 Å². The van der Waals surface area contributed by atoms with E-state index in [1.807, 2.05) is 53.4 Å². The van der Waals surface area contributed by atoms with Crippen LogP contribution in [0.3, 0.4) is 0 Å². The predicted octanol–water partition coefficient (Wildman–Crippen LogP) is 6.33. The molecule has 0 aliphatic heterocycles. The molecule has 6 heteroatoms. The van der Waals surface area contributed by atoms with Crippen LogP contribution in [-0.4, -0.2) is 31.8 Å². The summed E-state index contributed by atoms with van der Waals surface area (Å²) in [4.78, 5) is 2.50. The molecule has 0 saturated heterocycles. The normalized spacial score (nSPS) is 12.3. The van der Waals surface area contributed by atoms with Crippen molar-refractivity contribution in [2.24, 2.45) is 0 Å². The first-order valence-electron chi connectivity index (χ1n) is 12.7. The third kappa shape index (κ3) is 12.5. The molecule has 0 radical (unpaired) electrons. The van der Waals surface area contributed by atoms with Gasteiger partial charge in [-0.15, -0.1) is 0 Å². The van der Waals surface area contributed by atoms with Crippen molar-refractivity contribution >= 4 is 28.0 Å². The minimum absolute atomic E-state index is 0.183. The van der Waals surface area contributed by atoms with E-state index in [1.165, 1.54) is 36.9 Å².